The summed E-state index contributed by atoms with van der Waals surface area (Å²) in [6.45, 7) is 3.68. The van der Waals surface area contributed by atoms with E-state index in [1.165, 1.54) is 0 Å². The molecule has 2 fully saturated rings. The van der Waals surface area contributed by atoms with Crippen LogP contribution in [0.25, 0.3) is 0 Å². The first-order valence-electron chi connectivity index (χ1n) is 6.81. The van der Waals surface area contributed by atoms with Crippen LogP contribution in [0.3, 0.4) is 0 Å². The molecule has 0 amide bonds. The van der Waals surface area contributed by atoms with Crippen molar-refractivity contribution in [3.8, 4) is 0 Å². The molecule has 0 unspecified atom stereocenters. The van der Waals surface area contributed by atoms with Crippen molar-refractivity contribution in [1.82, 2.24) is 0 Å². The van der Waals surface area contributed by atoms with E-state index in [0.717, 1.165) is 3.61 Å². The second-order valence-corrected chi connectivity index (χ2v) is 8.54. The van der Waals surface area contributed by atoms with E-state index in [4.69, 9.17) is 18.9 Å². The van der Waals surface area contributed by atoms with E-state index in [1.54, 1.807) is 7.11 Å². The topological polar surface area (TPSA) is 54.0 Å². The molecule has 5 nitrogen and oxygen atoms in total. The van der Waals surface area contributed by atoms with Crippen molar-refractivity contribution in [1.29, 1.82) is 0 Å². The molecule has 4 atom stereocenters. The number of benzene rings is 1. The quantitative estimate of drug-likeness (QED) is 0.680. The molecule has 2 saturated heterocycles. The maximum absolute atomic E-state index is 12.6. The van der Waals surface area contributed by atoms with Crippen molar-refractivity contribution in [2.75, 3.05) is 7.11 Å². The van der Waals surface area contributed by atoms with Gasteiger partial charge in [0, 0.05) is 0 Å². The predicted octanol–water partition coefficient (Wildman–Crippen LogP) is 0.434. The normalized spacial score (nSPS) is 33.9. The van der Waals surface area contributed by atoms with Gasteiger partial charge in [-0.1, -0.05) is 0 Å². The maximum atomic E-state index is 12.6. The molecule has 2 heterocycles. The average Bonchev–Trinajstić information content (AvgIpc) is 2.92. The summed E-state index contributed by atoms with van der Waals surface area (Å²) in [4.78, 5) is 12.6. The van der Waals surface area contributed by atoms with Crippen LogP contribution in [0.2, 0.25) is 0 Å². The zero-order valence-electron chi connectivity index (χ0n) is 12.1. The molecule has 3 rings (SSSR count). The van der Waals surface area contributed by atoms with E-state index in [2.05, 4.69) is 0 Å². The molecular weight excluding hydrogens is 388 g/mol. The third-order valence-electron chi connectivity index (χ3n) is 3.44. The van der Waals surface area contributed by atoms with Crippen LogP contribution >= 0.6 is 0 Å². The number of hydrogen-bond donors (Lipinski definition) is 0. The molecule has 1 aromatic carbocycles. The fourth-order valence-corrected chi connectivity index (χ4v) is 4.98. The van der Waals surface area contributed by atoms with Gasteiger partial charge in [0.15, 0.2) is 0 Å². The summed E-state index contributed by atoms with van der Waals surface area (Å²) in [5, 5.41) is 0. The average molecular weight is 406 g/mol. The molecule has 0 bridgehead atoms. The molecular formula is C15H18O5Te. The molecule has 0 spiro atoms. The fourth-order valence-electron chi connectivity index (χ4n) is 2.60. The number of fused-ring (bicyclic) bond motifs is 1. The van der Waals surface area contributed by atoms with Crippen LogP contribution < -0.4 is 3.61 Å². The van der Waals surface area contributed by atoms with Gasteiger partial charge < -0.3 is 0 Å². The minimum atomic E-state index is -0.985. The molecule has 2 aliphatic heterocycles. The van der Waals surface area contributed by atoms with E-state index >= 15 is 0 Å². The molecule has 1 aromatic rings. The zero-order valence-corrected chi connectivity index (χ0v) is 14.5. The van der Waals surface area contributed by atoms with E-state index in [-0.39, 0.29) is 16.0 Å². The van der Waals surface area contributed by atoms with Gasteiger partial charge in [0.1, 0.15) is 0 Å². The Hall–Kier alpha value is -0.480. The van der Waals surface area contributed by atoms with Gasteiger partial charge in [0.05, 0.1) is 0 Å². The van der Waals surface area contributed by atoms with Gasteiger partial charge in [0.2, 0.25) is 0 Å². The van der Waals surface area contributed by atoms with Crippen molar-refractivity contribution in [2.45, 2.75) is 44.2 Å². The standard InChI is InChI=1S/C15H18O5Te/c1-15(2)19-10-11(18-14(17-3)12(10)20-15)13(16)21-9-7-5-4-6-8-9/h4-8,10-12,14H,1-3H3/t10-,11+,12-,14-/m1/s1. The fraction of sp³-hybridized carbons (Fsp3) is 0.533. The molecule has 0 saturated carbocycles. The van der Waals surface area contributed by atoms with Gasteiger partial charge in [-0.25, -0.2) is 0 Å². The van der Waals surface area contributed by atoms with Crippen molar-refractivity contribution in [2.24, 2.45) is 0 Å². The first kappa shape index (κ1) is 15.4. The second kappa shape index (κ2) is 5.96. The Kier molecular flexibility index (Phi) is 4.37. The summed E-state index contributed by atoms with van der Waals surface area (Å²) in [6, 6.07) is 9.80. The van der Waals surface area contributed by atoms with E-state index < -0.39 is 39.1 Å². The molecule has 114 valence electrons. The zero-order chi connectivity index (χ0) is 15.0. The first-order chi connectivity index (χ1) is 10.00. The van der Waals surface area contributed by atoms with E-state index in [0.29, 0.717) is 0 Å². The monoisotopic (exact) mass is 408 g/mol. The molecule has 2 aliphatic rings. The summed E-state index contributed by atoms with van der Waals surface area (Å²) < 4.78 is 23.8. The summed E-state index contributed by atoms with van der Waals surface area (Å²) in [7, 11) is 1.55. The Morgan fingerprint density at radius 2 is 1.86 bits per heavy atom. The Morgan fingerprint density at radius 1 is 1.19 bits per heavy atom. The molecule has 21 heavy (non-hydrogen) atoms. The van der Waals surface area contributed by atoms with Crippen LogP contribution in [0.1, 0.15) is 13.8 Å². The molecule has 0 N–H and O–H groups in total. The van der Waals surface area contributed by atoms with Gasteiger partial charge >= 0.3 is 134 Å². The summed E-state index contributed by atoms with van der Waals surface area (Å²) in [6.07, 6.45) is -1.87. The number of carbonyl (C=O) groups is 1. The van der Waals surface area contributed by atoms with E-state index in [9.17, 15) is 4.79 Å². The molecule has 0 aromatic heterocycles. The van der Waals surface area contributed by atoms with Gasteiger partial charge in [0.25, 0.3) is 0 Å². The van der Waals surface area contributed by atoms with Crippen molar-refractivity contribution in [3.63, 3.8) is 0 Å². The van der Waals surface area contributed by atoms with Crippen LogP contribution in [0.4, 0.5) is 0 Å². The van der Waals surface area contributed by atoms with Gasteiger partial charge in [-0.3, -0.25) is 0 Å². The van der Waals surface area contributed by atoms with Gasteiger partial charge in [-0.2, -0.15) is 0 Å². The van der Waals surface area contributed by atoms with Crippen LogP contribution in [0.5, 0.6) is 0 Å². The van der Waals surface area contributed by atoms with Crippen LogP contribution in [0.15, 0.2) is 30.3 Å². The predicted molar refractivity (Wildman–Crippen MR) is 76.3 cm³/mol. The first-order valence-corrected chi connectivity index (χ1v) is 9.14. The summed E-state index contributed by atoms with van der Waals surface area (Å²) >= 11 is -0.985. The third-order valence-corrected chi connectivity index (χ3v) is 6.12. The number of carbonyl (C=O) groups excluding carboxylic acids is 1. The summed E-state index contributed by atoms with van der Waals surface area (Å²) in [5.41, 5.74) is 0. The van der Waals surface area contributed by atoms with Crippen molar-refractivity contribution in [3.05, 3.63) is 30.3 Å². The molecule has 0 aliphatic carbocycles. The number of rotatable bonds is 4. The Morgan fingerprint density at radius 3 is 2.52 bits per heavy atom. The Bertz CT molecular complexity index is 518. The van der Waals surface area contributed by atoms with Crippen LogP contribution in [-0.2, 0) is 23.7 Å². The van der Waals surface area contributed by atoms with Gasteiger partial charge in [-0.05, 0) is 0 Å². The summed E-state index contributed by atoms with van der Waals surface area (Å²) in [5.74, 6) is -0.707. The molecule has 0 radical (unpaired) electrons. The van der Waals surface area contributed by atoms with Crippen LogP contribution in [-0.4, -0.2) is 62.3 Å². The Labute approximate surface area is 134 Å². The van der Waals surface area contributed by atoms with Gasteiger partial charge in [-0.15, -0.1) is 0 Å². The SMILES string of the molecule is CO[C@@H]1O[C@H](C(=O)[Te]c2ccccc2)[C@H]2OC(C)(C)O[C@@H]12. The number of hydrogen-bond acceptors (Lipinski definition) is 5. The van der Waals surface area contributed by atoms with Crippen molar-refractivity contribution < 1.29 is 23.7 Å². The minimum absolute atomic E-state index is 0.113. The van der Waals surface area contributed by atoms with E-state index in [1.807, 2.05) is 44.2 Å². The third kappa shape index (κ3) is 3.16. The number of methoxy groups -OCH3 is 1. The Balaban J connectivity index is 1.74. The second-order valence-electron chi connectivity index (χ2n) is 5.46. The van der Waals surface area contributed by atoms with Crippen molar-refractivity contribution >= 4 is 28.4 Å². The number of ether oxygens (including phenoxy) is 4. The van der Waals surface area contributed by atoms with Crippen LogP contribution in [0, 0.1) is 0 Å². The molecule has 6 heteroatoms.